The van der Waals surface area contributed by atoms with Gasteiger partial charge in [0.1, 0.15) is 0 Å². The minimum Gasteiger partial charge on any atom is -0.463 e. The average Bonchev–Trinajstić information content (AvgIpc) is 3.58. The molecule has 4 atom stereocenters. The molecule has 0 radical (unpaired) electrons. The molecule has 0 saturated carbocycles. The van der Waals surface area contributed by atoms with Crippen LogP contribution in [0.2, 0.25) is 10.0 Å². The summed E-state index contributed by atoms with van der Waals surface area (Å²) in [4.78, 5) is 46.6. The van der Waals surface area contributed by atoms with Gasteiger partial charge in [0, 0.05) is 22.2 Å². The molecular formula is C28H26Cl2O10. The molecule has 2 aliphatic rings. The van der Waals surface area contributed by atoms with Crippen LogP contribution in [0.15, 0.2) is 72.8 Å². The van der Waals surface area contributed by atoms with E-state index in [0.717, 1.165) is 12.2 Å². The van der Waals surface area contributed by atoms with Crippen molar-refractivity contribution < 1.29 is 48.3 Å². The summed E-state index contributed by atoms with van der Waals surface area (Å²) in [6.45, 7) is 3.44. The number of ether oxygens (including phenoxy) is 4. The Morgan fingerprint density at radius 2 is 1.05 bits per heavy atom. The Morgan fingerprint density at radius 1 is 0.725 bits per heavy atom. The van der Waals surface area contributed by atoms with E-state index in [4.69, 9.17) is 42.1 Å². The van der Waals surface area contributed by atoms with E-state index in [9.17, 15) is 29.4 Å². The quantitative estimate of drug-likeness (QED) is 0.346. The fourth-order valence-electron chi connectivity index (χ4n) is 3.88. The first-order valence-corrected chi connectivity index (χ1v) is 12.8. The van der Waals surface area contributed by atoms with E-state index >= 15 is 0 Å². The molecule has 12 heteroatoms. The number of halogens is 2. The second-order valence-corrected chi connectivity index (χ2v) is 9.29. The summed E-state index contributed by atoms with van der Waals surface area (Å²) in [6.07, 6.45) is 2.71. The molecule has 212 valence electrons. The van der Waals surface area contributed by atoms with Gasteiger partial charge in [0.15, 0.2) is 12.2 Å². The first-order chi connectivity index (χ1) is 19.0. The standard InChI is InChI=1S/2C14H13ClO5/c2*1-2-19-13(17)14(18,11-7-8-12(16)20-11)9-3-5-10(15)6-4-9/h2*3-8,11,18H,2H2,1H3/t2*11-,14+/m00/s1. The number of hydrogen-bond donors (Lipinski definition) is 2. The van der Waals surface area contributed by atoms with Gasteiger partial charge in [0.25, 0.3) is 0 Å². The van der Waals surface area contributed by atoms with E-state index in [1.165, 1.54) is 60.7 Å². The van der Waals surface area contributed by atoms with Crippen molar-refractivity contribution in [2.75, 3.05) is 13.2 Å². The lowest BCUT2D eigenvalue weighted by Crippen LogP contribution is -2.47. The summed E-state index contributed by atoms with van der Waals surface area (Å²) in [5.41, 5.74) is -3.71. The van der Waals surface area contributed by atoms with Gasteiger partial charge in [0.05, 0.1) is 13.2 Å². The van der Waals surface area contributed by atoms with Crippen molar-refractivity contribution in [1.82, 2.24) is 0 Å². The fourth-order valence-corrected chi connectivity index (χ4v) is 4.13. The van der Waals surface area contributed by atoms with Gasteiger partial charge in [0.2, 0.25) is 11.2 Å². The molecule has 2 aliphatic heterocycles. The molecule has 0 amide bonds. The minimum atomic E-state index is -2.09. The lowest BCUT2D eigenvalue weighted by molar-refractivity contribution is -0.182. The smallest absolute Gasteiger partial charge is 0.347 e. The van der Waals surface area contributed by atoms with E-state index in [2.05, 4.69) is 0 Å². The Bertz CT molecular complexity index is 1200. The van der Waals surface area contributed by atoms with Gasteiger partial charge < -0.3 is 29.2 Å². The molecule has 2 aromatic rings. The van der Waals surface area contributed by atoms with Crippen molar-refractivity contribution in [1.29, 1.82) is 0 Å². The molecule has 10 nitrogen and oxygen atoms in total. The van der Waals surface area contributed by atoms with Crippen LogP contribution >= 0.6 is 23.2 Å². The Balaban J connectivity index is 0.000000220. The Morgan fingerprint density at radius 3 is 1.30 bits per heavy atom. The number of rotatable bonds is 8. The van der Waals surface area contributed by atoms with Gasteiger partial charge in [-0.2, -0.15) is 0 Å². The van der Waals surface area contributed by atoms with E-state index in [1.54, 1.807) is 13.8 Å². The molecule has 2 N–H and O–H groups in total. The topological polar surface area (TPSA) is 146 Å². The number of carbonyl (C=O) groups excluding carboxylic acids is 4. The average molecular weight is 593 g/mol. The van der Waals surface area contributed by atoms with Crippen LogP contribution in [0.25, 0.3) is 0 Å². The largest absolute Gasteiger partial charge is 0.463 e. The van der Waals surface area contributed by atoms with Crippen LogP contribution in [0, 0.1) is 0 Å². The zero-order valence-corrected chi connectivity index (χ0v) is 22.9. The zero-order chi connectivity index (χ0) is 29.5. The van der Waals surface area contributed by atoms with E-state index < -0.39 is 47.3 Å². The number of aliphatic hydroxyl groups is 2. The van der Waals surface area contributed by atoms with Crippen LogP contribution in [0.1, 0.15) is 25.0 Å². The van der Waals surface area contributed by atoms with Crippen LogP contribution in [-0.4, -0.2) is 59.5 Å². The summed E-state index contributed by atoms with van der Waals surface area (Å²) in [7, 11) is 0. The summed E-state index contributed by atoms with van der Waals surface area (Å²) in [6, 6.07) is 12.1. The fraction of sp³-hybridized carbons (Fsp3) is 0.286. The van der Waals surface area contributed by atoms with E-state index in [0.29, 0.717) is 10.0 Å². The van der Waals surface area contributed by atoms with Crippen molar-refractivity contribution in [3.05, 3.63) is 94.0 Å². The molecule has 0 aliphatic carbocycles. The number of esters is 4. The zero-order valence-electron chi connectivity index (χ0n) is 21.4. The van der Waals surface area contributed by atoms with Gasteiger partial charge >= 0.3 is 23.9 Å². The molecule has 4 rings (SSSR count). The maximum absolute atomic E-state index is 12.1. The van der Waals surface area contributed by atoms with Gasteiger partial charge in [-0.3, -0.25) is 0 Å². The third kappa shape index (κ3) is 6.53. The van der Waals surface area contributed by atoms with Crippen molar-refractivity contribution in [2.45, 2.75) is 37.3 Å². The number of carbonyl (C=O) groups is 4. The van der Waals surface area contributed by atoms with Crippen molar-refractivity contribution in [2.24, 2.45) is 0 Å². The molecular weight excluding hydrogens is 567 g/mol. The van der Waals surface area contributed by atoms with Crippen molar-refractivity contribution in [3.63, 3.8) is 0 Å². The molecule has 0 fully saturated rings. The molecule has 40 heavy (non-hydrogen) atoms. The van der Waals surface area contributed by atoms with Gasteiger partial charge in [-0.1, -0.05) is 47.5 Å². The lowest BCUT2D eigenvalue weighted by Gasteiger charge is -2.30. The minimum absolute atomic E-state index is 0.0963. The lowest BCUT2D eigenvalue weighted by atomic mass is 9.88. The van der Waals surface area contributed by atoms with Gasteiger partial charge in [-0.25, -0.2) is 19.2 Å². The van der Waals surface area contributed by atoms with Crippen LogP contribution in [0.3, 0.4) is 0 Å². The summed E-state index contributed by atoms with van der Waals surface area (Å²) < 4.78 is 19.7. The Hall–Kier alpha value is -3.70. The molecule has 0 bridgehead atoms. The molecule has 0 spiro atoms. The SMILES string of the molecule is CCOC(=O)[C@@](O)(c1ccc(Cl)cc1)[C@@H]1C=CC(=O)O1.CCOC(=O)[C@@](O)(c1ccc(Cl)cc1)[C@@H]1C=CC(=O)O1. The highest BCUT2D eigenvalue weighted by molar-refractivity contribution is 6.30. The molecule has 0 unspecified atom stereocenters. The van der Waals surface area contributed by atoms with Crippen LogP contribution in [-0.2, 0) is 49.3 Å². The van der Waals surface area contributed by atoms with Crippen molar-refractivity contribution >= 4 is 47.1 Å². The molecule has 2 aromatic carbocycles. The predicted molar refractivity (Wildman–Crippen MR) is 142 cm³/mol. The van der Waals surface area contributed by atoms with Crippen LogP contribution < -0.4 is 0 Å². The highest BCUT2D eigenvalue weighted by Gasteiger charge is 2.51. The first-order valence-electron chi connectivity index (χ1n) is 12.1. The molecule has 2 heterocycles. The number of benzene rings is 2. The summed E-state index contributed by atoms with van der Waals surface area (Å²) >= 11 is 11.6. The second-order valence-electron chi connectivity index (χ2n) is 8.42. The third-order valence-corrected chi connectivity index (χ3v) is 6.37. The highest BCUT2D eigenvalue weighted by Crippen LogP contribution is 2.34. The maximum atomic E-state index is 12.1. The number of cyclic esters (lactones) is 2. The summed E-state index contributed by atoms with van der Waals surface area (Å²) in [5, 5.41) is 22.4. The predicted octanol–water partition coefficient (Wildman–Crippen LogP) is 3.14. The maximum Gasteiger partial charge on any atom is 0.347 e. The molecule has 0 aromatic heterocycles. The highest BCUT2D eigenvalue weighted by atomic mass is 35.5. The van der Waals surface area contributed by atoms with E-state index in [-0.39, 0.29) is 24.3 Å². The summed E-state index contributed by atoms with van der Waals surface area (Å²) in [5.74, 6) is -3.00. The Labute approximate surface area is 239 Å². The third-order valence-electron chi connectivity index (χ3n) is 5.87. The molecule has 0 saturated heterocycles. The first kappa shape index (κ1) is 30.8. The normalized spacial score (nSPS) is 20.4. The monoisotopic (exact) mass is 592 g/mol. The van der Waals surface area contributed by atoms with Crippen molar-refractivity contribution in [3.8, 4) is 0 Å². The van der Waals surface area contributed by atoms with Gasteiger partial charge in [-0.05, 0) is 61.4 Å². The van der Waals surface area contributed by atoms with Crippen LogP contribution in [0.4, 0.5) is 0 Å². The van der Waals surface area contributed by atoms with Crippen LogP contribution in [0.5, 0.6) is 0 Å². The Kier molecular flexibility index (Phi) is 10.1. The van der Waals surface area contributed by atoms with E-state index in [1.807, 2.05) is 0 Å². The van der Waals surface area contributed by atoms with Gasteiger partial charge in [-0.15, -0.1) is 0 Å². The number of hydrogen-bond acceptors (Lipinski definition) is 10. The second kappa shape index (κ2) is 13.1.